The van der Waals surface area contributed by atoms with Crippen LogP contribution in [0.15, 0.2) is 0 Å². The number of fused-ring (bicyclic) bond motifs is 5. The van der Waals surface area contributed by atoms with Gasteiger partial charge >= 0.3 is 5.97 Å². The zero-order valence-corrected chi connectivity index (χ0v) is 21.5. The molecule has 0 radical (unpaired) electrons. The fourth-order valence-corrected chi connectivity index (χ4v) is 9.56. The molecule has 0 aromatic carbocycles. The molecule has 0 saturated heterocycles. The number of nitrogens with zero attached hydrogens (tertiary/aromatic N) is 3. The summed E-state index contributed by atoms with van der Waals surface area (Å²) in [7, 11) is 0. The number of aliphatic hydroxyl groups is 1. The molecule has 4 aliphatic rings. The lowest BCUT2D eigenvalue weighted by atomic mass is 9.43. The third kappa shape index (κ3) is 4.10. The van der Waals surface area contributed by atoms with Crippen molar-refractivity contribution in [3.05, 3.63) is 5.82 Å². The van der Waals surface area contributed by atoms with Crippen LogP contribution in [0.4, 0.5) is 0 Å². The van der Waals surface area contributed by atoms with Crippen molar-refractivity contribution >= 4 is 5.97 Å². The lowest BCUT2D eigenvalue weighted by Crippen LogP contribution is -2.59. The molecule has 0 aliphatic heterocycles. The molecule has 4 fully saturated rings. The zero-order chi connectivity index (χ0) is 24.1. The van der Waals surface area contributed by atoms with E-state index in [9.17, 15) is 9.90 Å². The van der Waals surface area contributed by atoms with Crippen LogP contribution in [-0.4, -0.2) is 43.9 Å². The van der Waals surface area contributed by atoms with Crippen LogP contribution in [-0.2, 0) is 16.0 Å². The van der Waals surface area contributed by atoms with Gasteiger partial charge in [-0.25, -0.2) is 0 Å². The minimum Gasteiger partial charge on any atom is -0.462 e. The Bertz CT molecular complexity index is 862. The fraction of sp³-hybridized carbons (Fsp3) is 0.926. The van der Waals surface area contributed by atoms with Crippen molar-refractivity contribution in [2.75, 3.05) is 0 Å². The number of tetrazole rings is 1. The van der Waals surface area contributed by atoms with Crippen LogP contribution in [0.3, 0.4) is 0 Å². The standard InChI is InChI=1S/C27H44N4O3/c1-16(6-5-7-24-28-30-31-29-24)20-8-9-21-25-22(11-13-27(20,21)4)26(3)12-10-19(33)14-18(26)15-23(25)34-17(2)32/h16,18-23,25,33H,5-15H2,1-4H3,(H,28,29,30,31)/t16-,18?,19?,20?,21?,22?,23?,25?,26?,27?/m1/s1. The highest BCUT2D eigenvalue weighted by Crippen LogP contribution is 2.68. The van der Waals surface area contributed by atoms with E-state index in [1.165, 1.54) is 32.1 Å². The molecule has 0 amide bonds. The number of hydrogen-bond acceptors (Lipinski definition) is 6. The second kappa shape index (κ2) is 9.18. The lowest BCUT2D eigenvalue weighted by molar-refractivity contribution is -0.194. The van der Waals surface area contributed by atoms with Gasteiger partial charge in [0.2, 0.25) is 0 Å². The van der Waals surface area contributed by atoms with Crippen molar-refractivity contribution in [3.8, 4) is 0 Å². The van der Waals surface area contributed by atoms with Gasteiger partial charge in [0.15, 0.2) is 5.82 Å². The highest BCUT2D eigenvalue weighted by molar-refractivity contribution is 5.66. The zero-order valence-electron chi connectivity index (χ0n) is 21.5. The monoisotopic (exact) mass is 472 g/mol. The van der Waals surface area contributed by atoms with Gasteiger partial charge in [-0.2, -0.15) is 5.21 Å². The Morgan fingerprint density at radius 2 is 1.91 bits per heavy atom. The molecule has 0 spiro atoms. The van der Waals surface area contributed by atoms with Gasteiger partial charge in [0.25, 0.3) is 0 Å². The summed E-state index contributed by atoms with van der Waals surface area (Å²) in [6, 6.07) is 0. The second-order valence-electron chi connectivity index (χ2n) is 12.7. The SMILES string of the molecule is CC(=O)OC1CC2CC(O)CCC2(C)C2CCC3(C)C(CCC3[C@H](C)CCCc3nn[nH]n3)C12. The summed E-state index contributed by atoms with van der Waals surface area (Å²) in [5.74, 6) is 4.24. The third-order valence-corrected chi connectivity index (χ3v) is 11.2. The molecular formula is C27H44N4O3. The van der Waals surface area contributed by atoms with Crippen LogP contribution in [0.25, 0.3) is 0 Å². The number of H-pyrrole nitrogens is 1. The minimum atomic E-state index is -0.189. The number of rotatable bonds is 6. The first-order valence-corrected chi connectivity index (χ1v) is 13.8. The highest BCUT2D eigenvalue weighted by atomic mass is 16.5. The number of ether oxygens (including phenoxy) is 1. The number of esters is 1. The van der Waals surface area contributed by atoms with Gasteiger partial charge < -0.3 is 9.84 Å². The van der Waals surface area contributed by atoms with E-state index < -0.39 is 0 Å². The quantitative estimate of drug-likeness (QED) is 0.581. The molecule has 4 saturated carbocycles. The average molecular weight is 473 g/mol. The molecule has 9 unspecified atom stereocenters. The number of carbonyl (C=O) groups excluding carboxylic acids is 1. The van der Waals surface area contributed by atoms with Crippen molar-refractivity contribution in [1.29, 1.82) is 0 Å². The van der Waals surface area contributed by atoms with Crippen molar-refractivity contribution < 1.29 is 14.6 Å². The number of hydrogen-bond donors (Lipinski definition) is 2. The third-order valence-electron chi connectivity index (χ3n) is 11.2. The number of aromatic amines is 1. The predicted molar refractivity (Wildman–Crippen MR) is 128 cm³/mol. The largest absolute Gasteiger partial charge is 0.462 e. The summed E-state index contributed by atoms with van der Waals surface area (Å²) in [4.78, 5) is 12.2. The lowest BCUT2D eigenvalue weighted by Gasteiger charge is -2.62. The second-order valence-corrected chi connectivity index (χ2v) is 12.7. The Morgan fingerprint density at radius 3 is 2.65 bits per heavy atom. The molecule has 7 nitrogen and oxygen atoms in total. The maximum atomic E-state index is 12.2. The van der Waals surface area contributed by atoms with E-state index in [-0.39, 0.29) is 23.6 Å². The maximum absolute atomic E-state index is 12.2. The average Bonchev–Trinajstić information content (AvgIpc) is 3.41. The van der Waals surface area contributed by atoms with Crippen LogP contribution < -0.4 is 0 Å². The van der Waals surface area contributed by atoms with Crippen molar-refractivity contribution in [2.24, 2.45) is 46.3 Å². The molecule has 7 heteroatoms. The highest BCUT2D eigenvalue weighted by Gasteiger charge is 2.63. The summed E-state index contributed by atoms with van der Waals surface area (Å²) >= 11 is 0. The van der Waals surface area contributed by atoms with E-state index in [4.69, 9.17) is 4.74 Å². The van der Waals surface area contributed by atoms with Crippen LogP contribution in [0, 0.1) is 46.3 Å². The van der Waals surface area contributed by atoms with E-state index in [1.54, 1.807) is 6.92 Å². The summed E-state index contributed by atoms with van der Waals surface area (Å²) < 4.78 is 6.10. The van der Waals surface area contributed by atoms with Gasteiger partial charge in [-0.05, 0) is 105 Å². The predicted octanol–water partition coefficient (Wildman–Crippen LogP) is 4.72. The van der Waals surface area contributed by atoms with E-state index in [0.29, 0.717) is 35.0 Å². The summed E-state index contributed by atoms with van der Waals surface area (Å²) in [6.07, 6.45) is 11.9. The Morgan fingerprint density at radius 1 is 1.15 bits per heavy atom. The Labute approximate surface area is 204 Å². The van der Waals surface area contributed by atoms with Gasteiger partial charge in [0.1, 0.15) is 6.10 Å². The molecule has 2 N–H and O–H groups in total. The molecule has 1 heterocycles. The summed E-state index contributed by atoms with van der Waals surface area (Å²) in [5.41, 5.74) is 0.596. The van der Waals surface area contributed by atoms with Crippen molar-refractivity contribution in [1.82, 2.24) is 20.6 Å². The fourth-order valence-electron chi connectivity index (χ4n) is 9.56. The number of aryl methyl sites for hydroxylation is 1. The number of aliphatic hydroxyl groups excluding tert-OH is 1. The van der Waals surface area contributed by atoms with Gasteiger partial charge in [-0.1, -0.05) is 26.0 Å². The Balaban J connectivity index is 1.34. The number of aromatic nitrogens is 4. The molecule has 0 bridgehead atoms. The molecule has 34 heavy (non-hydrogen) atoms. The Hall–Kier alpha value is -1.50. The maximum Gasteiger partial charge on any atom is 0.302 e. The van der Waals surface area contributed by atoms with E-state index in [1.807, 2.05) is 0 Å². The molecule has 1 aromatic rings. The van der Waals surface area contributed by atoms with Crippen molar-refractivity contribution in [3.63, 3.8) is 0 Å². The normalized spacial score (nSPS) is 44.6. The molecule has 5 rings (SSSR count). The van der Waals surface area contributed by atoms with Gasteiger partial charge in [-0.3, -0.25) is 4.79 Å². The number of carbonyl (C=O) groups is 1. The molecule has 1 aromatic heterocycles. The number of nitrogens with one attached hydrogen (secondary N) is 1. The molecular weight excluding hydrogens is 428 g/mol. The summed E-state index contributed by atoms with van der Waals surface area (Å²) in [6.45, 7) is 9.08. The first-order valence-electron chi connectivity index (χ1n) is 13.8. The van der Waals surface area contributed by atoms with Crippen LogP contribution in [0.2, 0.25) is 0 Å². The molecule has 4 aliphatic carbocycles. The van der Waals surface area contributed by atoms with E-state index in [0.717, 1.165) is 50.3 Å². The smallest absolute Gasteiger partial charge is 0.302 e. The van der Waals surface area contributed by atoms with E-state index in [2.05, 4.69) is 41.4 Å². The van der Waals surface area contributed by atoms with Gasteiger partial charge in [0.05, 0.1) is 6.10 Å². The van der Waals surface area contributed by atoms with Crippen LogP contribution >= 0.6 is 0 Å². The summed E-state index contributed by atoms with van der Waals surface area (Å²) in [5, 5.41) is 24.9. The van der Waals surface area contributed by atoms with E-state index >= 15 is 0 Å². The first-order chi connectivity index (χ1) is 16.2. The van der Waals surface area contributed by atoms with Crippen LogP contribution in [0.5, 0.6) is 0 Å². The minimum absolute atomic E-state index is 0.0165. The van der Waals surface area contributed by atoms with Gasteiger partial charge in [-0.15, -0.1) is 10.2 Å². The van der Waals surface area contributed by atoms with Gasteiger partial charge in [0, 0.05) is 19.3 Å². The molecule has 190 valence electrons. The first kappa shape index (κ1) is 24.2. The topological polar surface area (TPSA) is 101 Å². The Kier molecular flexibility index (Phi) is 6.54. The van der Waals surface area contributed by atoms with Crippen LogP contribution in [0.1, 0.15) is 97.7 Å². The van der Waals surface area contributed by atoms with Crippen molar-refractivity contribution in [2.45, 2.75) is 111 Å². The molecule has 10 atom stereocenters.